The molecule has 0 bridgehead atoms. The molecule has 27 heavy (non-hydrogen) atoms. The van der Waals surface area contributed by atoms with Gasteiger partial charge in [0.1, 0.15) is 5.52 Å². The van der Waals surface area contributed by atoms with Gasteiger partial charge in [-0.25, -0.2) is 4.98 Å². The summed E-state index contributed by atoms with van der Waals surface area (Å²) in [4.78, 5) is 16.1. The Morgan fingerprint density at radius 1 is 1.30 bits per heavy atom. The van der Waals surface area contributed by atoms with Crippen LogP contribution in [-0.4, -0.2) is 37.4 Å². The average molecular weight is 363 g/mol. The lowest BCUT2D eigenvalue weighted by Gasteiger charge is -2.03. The maximum atomic E-state index is 11.6. The molecule has 0 aliphatic rings. The summed E-state index contributed by atoms with van der Waals surface area (Å²) in [6, 6.07) is 7.92. The van der Waals surface area contributed by atoms with Crippen LogP contribution in [0.2, 0.25) is 0 Å². The summed E-state index contributed by atoms with van der Waals surface area (Å²) in [5.74, 6) is 0.456. The molecule has 0 aliphatic heterocycles. The first-order chi connectivity index (χ1) is 13.2. The Morgan fingerprint density at radius 2 is 2.19 bits per heavy atom. The van der Waals surface area contributed by atoms with E-state index in [1.54, 1.807) is 10.9 Å². The van der Waals surface area contributed by atoms with Crippen LogP contribution in [0, 0.1) is 0 Å². The van der Waals surface area contributed by atoms with E-state index in [1.165, 1.54) is 0 Å². The number of nitrogen functional groups attached to an aromatic ring is 1. The van der Waals surface area contributed by atoms with Crippen molar-refractivity contribution in [2.45, 2.75) is 26.3 Å². The zero-order chi connectivity index (χ0) is 18.8. The number of nitrogens with two attached hydrogens (primary N) is 1. The number of nitrogens with zero attached hydrogens (tertiary/aromatic N) is 4. The van der Waals surface area contributed by atoms with E-state index < -0.39 is 0 Å². The molecule has 4 N–H and O–H groups in total. The zero-order valence-corrected chi connectivity index (χ0v) is 15.1. The van der Waals surface area contributed by atoms with Crippen molar-refractivity contribution in [3.8, 4) is 11.3 Å². The maximum Gasteiger partial charge on any atom is 0.220 e. The summed E-state index contributed by atoms with van der Waals surface area (Å²) in [7, 11) is 0. The van der Waals surface area contributed by atoms with Crippen molar-refractivity contribution in [1.82, 2.24) is 30.3 Å². The van der Waals surface area contributed by atoms with E-state index in [2.05, 4.69) is 25.6 Å². The number of carbonyl (C=O) groups is 1. The van der Waals surface area contributed by atoms with Crippen LogP contribution in [0.4, 0.5) is 5.82 Å². The lowest BCUT2D eigenvalue weighted by Crippen LogP contribution is -2.26. The number of aromatic nitrogens is 5. The number of carbonyl (C=O) groups excluding carboxylic acids is 1. The number of benzene rings is 1. The Hall–Kier alpha value is -3.42. The van der Waals surface area contributed by atoms with Gasteiger partial charge in [0.2, 0.25) is 5.91 Å². The number of hydrogen-bond acceptors (Lipinski definition) is 5. The largest absolute Gasteiger partial charge is 0.382 e. The maximum absolute atomic E-state index is 11.6. The normalized spacial score (nSPS) is 11.3. The number of aromatic amines is 1. The van der Waals surface area contributed by atoms with Gasteiger partial charge in [-0.1, -0.05) is 19.1 Å². The molecule has 0 fully saturated rings. The molecular formula is C19H21N7O. The predicted octanol–water partition coefficient (Wildman–Crippen LogP) is 2.47. The SMILES string of the molecule is CCCC(=O)NCCn1cc2c(n1)c(N)nc1cc(-c3cc[nH]n3)ccc12. The van der Waals surface area contributed by atoms with E-state index in [0.717, 1.165) is 34.0 Å². The molecule has 138 valence electrons. The second-order valence-electron chi connectivity index (χ2n) is 6.44. The van der Waals surface area contributed by atoms with Crippen LogP contribution in [0.5, 0.6) is 0 Å². The van der Waals surface area contributed by atoms with E-state index in [9.17, 15) is 4.79 Å². The van der Waals surface area contributed by atoms with Crippen LogP contribution in [0.3, 0.4) is 0 Å². The van der Waals surface area contributed by atoms with Crippen molar-refractivity contribution < 1.29 is 4.79 Å². The molecule has 3 aromatic heterocycles. The second kappa shape index (κ2) is 7.06. The molecule has 0 unspecified atom stereocenters. The Balaban J connectivity index is 1.65. The molecule has 0 radical (unpaired) electrons. The van der Waals surface area contributed by atoms with Crippen LogP contribution in [0.1, 0.15) is 19.8 Å². The highest BCUT2D eigenvalue weighted by atomic mass is 16.1. The summed E-state index contributed by atoms with van der Waals surface area (Å²) in [6.45, 7) is 3.09. The van der Waals surface area contributed by atoms with Gasteiger partial charge in [-0.05, 0) is 18.6 Å². The van der Waals surface area contributed by atoms with Crippen LogP contribution in [-0.2, 0) is 11.3 Å². The van der Waals surface area contributed by atoms with E-state index in [-0.39, 0.29) is 5.91 Å². The Morgan fingerprint density at radius 3 is 2.96 bits per heavy atom. The number of fused-ring (bicyclic) bond motifs is 3. The first-order valence-corrected chi connectivity index (χ1v) is 8.99. The van der Waals surface area contributed by atoms with E-state index in [0.29, 0.717) is 30.8 Å². The topological polar surface area (TPSA) is 115 Å². The van der Waals surface area contributed by atoms with Crippen LogP contribution in [0.15, 0.2) is 36.7 Å². The average Bonchev–Trinajstić information content (AvgIpc) is 3.32. The Labute approximate surface area is 155 Å². The molecule has 1 amide bonds. The van der Waals surface area contributed by atoms with Gasteiger partial charge < -0.3 is 11.1 Å². The van der Waals surface area contributed by atoms with Crippen molar-refractivity contribution in [2.24, 2.45) is 0 Å². The molecule has 8 heteroatoms. The number of hydrogen-bond donors (Lipinski definition) is 3. The first kappa shape index (κ1) is 17.0. The number of H-pyrrole nitrogens is 1. The highest BCUT2D eigenvalue weighted by Gasteiger charge is 2.12. The summed E-state index contributed by atoms with van der Waals surface area (Å²) in [6.07, 6.45) is 5.12. The third-order valence-corrected chi connectivity index (χ3v) is 4.47. The van der Waals surface area contributed by atoms with E-state index in [1.807, 2.05) is 37.4 Å². The van der Waals surface area contributed by atoms with Crippen LogP contribution >= 0.6 is 0 Å². The third-order valence-electron chi connectivity index (χ3n) is 4.47. The standard InChI is InChI=1S/C19H21N7O/c1-2-3-17(27)21-8-9-26-11-14-13-5-4-12(15-6-7-22-24-15)10-16(13)23-19(20)18(14)25-26/h4-7,10-11H,2-3,8-9H2,1H3,(H2,20,23)(H,21,27)(H,22,24). The van der Waals surface area contributed by atoms with Crippen molar-refractivity contribution in [2.75, 3.05) is 12.3 Å². The fraction of sp³-hybridized carbons (Fsp3) is 0.263. The van der Waals surface area contributed by atoms with Gasteiger partial charge in [0.05, 0.1) is 17.8 Å². The Bertz CT molecular complexity index is 1100. The number of amides is 1. The zero-order valence-electron chi connectivity index (χ0n) is 15.1. The molecule has 0 aliphatic carbocycles. The second-order valence-corrected chi connectivity index (χ2v) is 6.44. The van der Waals surface area contributed by atoms with E-state index >= 15 is 0 Å². The first-order valence-electron chi connectivity index (χ1n) is 8.99. The number of anilines is 1. The minimum atomic E-state index is 0.0618. The molecule has 0 saturated heterocycles. The molecule has 4 rings (SSSR count). The van der Waals surface area contributed by atoms with Crippen LogP contribution < -0.4 is 11.1 Å². The van der Waals surface area contributed by atoms with Gasteiger partial charge in [-0.15, -0.1) is 0 Å². The number of nitrogens with one attached hydrogen (secondary N) is 2. The van der Waals surface area contributed by atoms with Gasteiger partial charge >= 0.3 is 0 Å². The number of rotatable bonds is 6. The molecule has 0 atom stereocenters. The van der Waals surface area contributed by atoms with Crippen molar-refractivity contribution in [3.63, 3.8) is 0 Å². The Kier molecular flexibility index (Phi) is 4.45. The van der Waals surface area contributed by atoms with Crippen molar-refractivity contribution in [1.29, 1.82) is 0 Å². The summed E-state index contributed by atoms with van der Waals surface area (Å²) < 4.78 is 1.80. The van der Waals surface area contributed by atoms with Gasteiger partial charge in [-0.3, -0.25) is 14.6 Å². The monoisotopic (exact) mass is 363 g/mol. The lowest BCUT2D eigenvalue weighted by molar-refractivity contribution is -0.121. The summed E-state index contributed by atoms with van der Waals surface area (Å²) in [5, 5.41) is 16.4. The molecule has 0 saturated carbocycles. The van der Waals surface area contributed by atoms with Gasteiger partial charge in [-0.2, -0.15) is 10.2 Å². The molecule has 0 spiro atoms. The summed E-state index contributed by atoms with van der Waals surface area (Å²) >= 11 is 0. The molecular weight excluding hydrogens is 342 g/mol. The lowest BCUT2D eigenvalue weighted by atomic mass is 10.1. The molecule has 1 aromatic carbocycles. The minimum Gasteiger partial charge on any atom is -0.382 e. The van der Waals surface area contributed by atoms with Crippen molar-refractivity contribution >= 4 is 33.5 Å². The molecule has 8 nitrogen and oxygen atoms in total. The smallest absolute Gasteiger partial charge is 0.220 e. The van der Waals surface area contributed by atoms with Gasteiger partial charge in [0.15, 0.2) is 5.82 Å². The fourth-order valence-corrected chi connectivity index (χ4v) is 3.16. The highest BCUT2D eigenvalue weighted by molar-refractivity contribution is 6.08. The third kappa shape index (κ3) is 3.33. The predicted molar refractivity (Wildman–Crippen MR) is 105 cm³/mol. The van der Waals surface area contributed by atoms with Gasteiger partial charge in [0, 0.05) is 41.7 Å². The molecule has 4 aromatic rings. The molecule has 3 heterocycles. The minimum absolute atomic E-state index is 0.0618. The van der Waals surface area contributed by atoms with Gasteiger partial charge in [0.25, 0.3) is 0 Å². The van der Waals surface area contributed by atoms with Crippen LogP contribution in [0.25, 0.3) is 33.1 Å². The summed E-state index contributed by atoms with van der Waals surface area (Å²) in [5.41, 5.74) is 9.45. The van der Waals surface area contributed by atoms with E-state index in [4.69, 9.17) is 5.73 Å². The van der Waals surface area contributed by atoms with Crippen molar-refractivity contribution in [3.05, 3.63) is 36.7 Å². The highest BCUT2D eigenvalue weighted by Crippen LogP contribution is 2.29. The quantitative estimate of drug-likeness (QED) is 0.487. The fourth-order valence-electron chi connectivity index (χ4n) is 3.16. The number of pyridine rings is 1.